The van der Waals surface area contributed by atoms with Gasteiger partial charge < -0.3 is 9.88 Å². The number of aryl methyl sites for hydroxylation is 1. The van der Waals surface area contributed by atoms with Crippen molar-refractivity contribution in [2.24, 2.45) is 0 Å². The van der Waals surface area contributed by atoms with Gasteiger partial charge in [-0.25, -0.2) is 0 Å². The van der Waals surface area contributed by atoms with Crippen LogP contribution in [0.4, 0.5) is 5.69 Å². The van der Waals surface area contributed by atoms with Crippen LogP contribution in [0.2, 0.25) is 0 Å². The lowest BCUT2D eigenvalue weighted by Crippen LogP contribution is -2.23. The van der Waals surface area contributed by atoms with Gasteiger partial charge in [0.25, 0.3) is 0 Å². The molecule has 0 aliphatic heterocycles. The zero-order valence-corrected chi connectivity index (χ0v) is 16.7. The minimum absolute atomic E-state index is 0.0469. The second-order valence-corrected chi connectivity index (χ2v) is 7.75. The summed E-state index contributed by atoms with van der Waals surface area (Å²) in [6, 6.07) is 17.7. The van der Waals surface area contributed by atoms with Crippen LogP contribution in [0.3, 0.4) is 0 Å². The normalized spacial score (nSPS) is 12.0. The van der Waals surface area contributed by atoms with E-state index in [0.29, 0.717) is 0 Å². The average molecular weight is 381 g/mol. The van der Waals surface area contributed by atoms with Crippen molar-refractivity contribution in [1.29, 1.82) is 0 Å². The number of amides is 1. The van der Waals surface area contributed by atoms with E-state index in [9.17, 15) is 4.79 Å². The van der Waals surface area contributed by atoms with Gasteiger partial charge in [0, 0.05) is 17.8 Å². The summed E-state index contributed by atoms with van der Waals surface area (Å²) in [6.07, 6.45) is 0.967. The molecular weight excluding hydrogens is 356 g/mol. The molecule has 0 aliphatic rings. The number of rotatable bonds is 7. The summed E-state index contributed by atoms with van der Waals surface area (Å²) >= 11 is 1.43. The molecule has 6 heteroatoms. The fourth-order valence-corrected chi connectivity index (χ4v) is 3.65. The first kappa shape index (κ1) is 19.2. The number of carbonyl (C=O) groups is 1. The lowest BCUT2D eigenvalue weighted by Gasteiger charge is -2.13. The molecule has 0 saturated carbocycles. The number of para-hydroxylation sites is 1. The van der Waals surface area contributed by atoms with Crippen LogP contribution < -0.4 is 5.32 Å². The Morgan fingerprint density at radius 2 is 1.93 bits per heavy atom. The van der Waals surface area contributed by atoms with Crippen molar-refractivity contribution in [2.75, 3.05) is 5.32 Å². The number of thioether (sulfide) groups is 1. The highest BCUT2D eigenvalue weighted by atomic mass is 32.2. The third kappa shape index (κ3) is 4.77. The van der Waals surface area contributed by atoms with Crippen LogP contribution in [0.5, 0.6) is 0 Å². The molecule has 0 unspecified atom stereocenters. The molecule has 0 saturated heterocycles. The molecule has 0 fully saturated rings. The Kier molecular flexibility index (Phi) is 6.29. The van der Waals surface area contributed by atoms with Gasteiger partial charge in [-0.1, -0.05) is 60.6 Å². The van der Waals surface area contributed by atoms with Crippen LogP contribution in [-0.2, 0) is 11.3 Å². The Balaban J connectivity index is 1.79. The smallest absolute Gasteiger partial charge is 0.237 e. The van der Waals surface area contributed by atoms with E-state index >= 15 is 0 Å². The first-order valence-electron chi connectivity index (χ1n) is 9.11. The SMILES string of the molecule is CCCn1c(S[C@H](C)C(=O)Nc2ccccc2)nnc1-c1cccc(C)c1. The van der Waals surface area contributed by atoms with E-state index < -0.39 is 0 Å². The maximum atomic E-state index is 12.5. The Labute approximate surface area is 164 Å². The molecule has 27 heavy (non-hydrogen) atoms. The fraction of sp³-hybridized carbons (Fsp3) is 0.286. The molecule has 0 spiro atoms. The summed E-state index contributed by atoms with van der Waals surface area (Å²) in [6.45, 7) is 6.89. The number of anilines is 1. The predicted octanol–water partition coefficient (Wildman–Crippen LogP) is 4.78. The van der Waals surface area contributed by atoms with Gasteiger partial charge in [-0.15, -0.1) is 10.2 Å². The topological polar surface area (TPSA) is 59.8 Å². The quantitative estimate of drug-likeness (QED) is 0.599. The lowest BCUT2D eigenvalue weighted by molar-refractivity contribution is -0.115. The van der Waals surface area contributed by atoms with Gasteiger partial charge in [0.05, 0.1) is 5.25 Å². The third-order valence-corrected chi connectivity index (χ3v) is 5.21. The van der Waals surface area contributed by atoms with E-state index in [2.05, 4.69) is 46.1 Å². The Morgan fingerprint density at radius 3 is 2.63 bits per heavy atom. The van der Waals surface area contributed by atoms with Crippen LogP contribution in [-0.4, -0.2) is 25.9 Å². The molecule has 3 aromatic rings. The van der Waals surface area contributed by atoms with Crippen molar-refractivity contribution in [3.05, 3.63) is 60.2 Å². The van der Waals surface area contributed by atoms with Crippen LogP contribution in [0.25, 0.3) is 11.4 Å². The molecule has 0 aliphatic carbocycles. The molecular formula is C21H24N4OS. The lowest BCUT2D eigenvalue weighted by atomic mass is 10.1. The van der Waals surface area contributed by atoms with Crippen molar-refractivity contribution in [3.8, 4) is 11.4 Å². The molecule has 0 radical (unpaired) electrons. The van der Waals surface area contributed by atoms with Crippen molar-refractivity contribution < 1.29 is 4.79 Å². The van der Waals surface area contributed by atoms with Crippen molar-refractivity contribution in [1.82, 2.24) is 14.8 Å². The van der Waals surface area contributed by atoms with Crippen LogP contribution in [0.1, 0.15) is 25.8 Å². The number of hydrogen-bond donors (Lipinski definition) is 1. The molecule has 1 heterocycles. The number of benzene rings is 2. The summed E-state index contributed by atoms with van der Waals surface area (Å²) in [4.78, 5) is 12.5. The van der Waals surface area contributed by atoms with E-state index in [1.165, 1.54) is 17.3 Å². The number of nitrogens with one attached hydrogen (secondary N) is 1. The van der Waals surface area contributed by atoms with Gasteiger partial charge in [0.2, 0.25) is 5.91 Å². The second kappa shape index (κ2) is 8.86. The highest BCUT2D eigenvalue weighted by Crippen LogP contribution is 2.28. The molecule has 1 atom stereocenters. The Bertz CT molecular complexity index is 908. The summed E-state index contributed by atoms with van der Waals surface area (Å²) < 4.78 is 2.10. The zero-order valence-electron chi connectivity index (χ0n) is 15.8. The fourth-order valence-electron chi connectivity index (χ4n) is 2.78. The summed E-state index contributed by atoms with van der Waals surface area (Å²) in [5.74, 6) is 0.799. The molecule has 2 aromatic carbocycles. The number of carbonyl (C=O) groups excluding carboxylic acids is 1. The van der Waals surface area contributed by atoms with E-state index in [0.717, 1.165) is 35.2 Å². The molecule has 0 bridgehead atoms. The zero-order chi connectivity index (χ0) is 19.2. The van der Waals surface area contributed by atoms with Crippen molar-refractivity contribution in [3.63, 3.8) is 0 Å². The van der Waals surface area contributed by atoms with Gasteiger partial charge in [-0.3, -0.25) is 4.79 Å². The van der Waals surface area contributed by atoms with Crippen LogP contribution in [0, 0.1) is 6.92 Å². The molecule has 3 rings (SSSR count). The predicted molar refractivity (Wildman–Crippen MR) is 111 cm³/mol. The number of nitrogens with zero attached hydrogens (tertiary/aromatic N) is 3. The molecule has 1 aromatic heterocycles. The monoisotopic (exact) mass is 380 g/mol. The summed E-state index contributed by atoms with van der Waals surface area (Å²) in [7, 11) is 0. The highest BCUT2D eigenvalue weighted by molar-refractivity contribution is 8.00. The first-order valence-corrected chi connectivity index (χ1v) is 9.99. The van der Waals surface area contributed by atoms with Gasteiger partial charge in [0.1, 0.15) is 0 Å². The van der Waals surface area contributed by atoms with Crippen LogP contribution in [0.15, 0.2) is 59.8 Å². The van der Waals surface area contributed by atoms with E-state index in [1.54, 1.807) is 0 Å². The maximum Gasteiger partial charge on any atom is 0.237 e. The van der Waals surface area contributed by atoms with Crippen LogP contribution >= 0.6 is 11.8 Å². The first-order chi connectivity index (χ1) is 13.1. The third-order valence-electron chi connectivity index (χ3n) is 4.13. The molecule has 5 nitrogen and oxygen atoms in total. The molecule has 140 valence electrons. The van der Waals surface area contributed by atoms with Gasteiger partial charge in [-0.2, -0.15) is 0 Å². The number of hydrogen-bond acceptors (Lipinski definition) is 4. The minimum atomic E-state index is -0.282. The summed E-state index contributed by atoms with van der Waals surface area (Å²) in [5.41, 5.74) is 3.03. The minimum Gasteiger partial charge on any atom is -0.325 e. The highest BCUT2D eigenvalue weighted by Gasteiger charge is 2.20. The molecule has 1 N–H and O–H groups in total. The van der Waals surface area contributed by atoms with Gasteiger partial charge in [0.15, 0.2) is 11.0 Å². The van der Waals surface area contributed by atoms with E-state index in [1.807, 2.05) is 49.4 Å². The van der Waals surface area contributed by atoms with Crippen molar-refractivity contribution >= 4 is 23.4 Å². The molecule has 1 amide bonds. The van der Waals surface area contributed by atoms with Gasteiger partial charge in [-0.05, 0) is 38.5 Å². The van der Waals surface area contributed by atoms with E-state index in [-0.39, 0.29) is 11.2 Å². The standard InChI is InChI=1S/C21H24N4OS/c1-4-13-25-19(17-10-8-9-15(2)14-17)23-24-21(25)27-16(3)20(26)22-18-11-6-5-7-12-18/h5-12,14,16H,4,13H2,1-3H3,(H,22,26)/t16-/m1/s1. The number of aromatic nitrogens is 3. The van der Waals surface area contributed by atoms with E-state index in [4.69, 9.17) is 0 Å². The average Bonchev–Trinajstić information content (AvgIpc) is 3.05. The Morgan fingerprint density at radius 1 is 1.15 bits per heavy atom. The van der Waals surface area contributed by atoms with Gasteiger partial charge >= 0.3 is 0 Å². The summed E-state index contributed by atoms with van der Waals surface area (Å²) in [5, 5.41) is 12.2. The second-order valence-electron chi connectivity index (χ2n) is 6.44. The largest absolute Gasteiger partial charge is 0.325 e. The van der Waals surface area contributed by atoms with Crippen molar-refractivity contribution in [2.45, 2.75) is 44.1 Å². The maximum absolute atomic E-state index is 12.5. The Hall–Kier alpha value is -2.60.